The minimum atomic E-state index is -4.95. The quantitative estimate of drug-likeness (QED) is 0.0222. The van der Waals surface area contributed by atoms with Crippen LogP contribution in [0, 0.1) is 17.8 Å². The number of aliphatic hydroxyl groups is 1. The summed E-state index contributed by atoms with van der Waals surface area (Å²) < 4.78 is 68.0. The monoisotopic (exact) mass is 1240 g/mol. The number of carbonyl (C=O) groups excluding carboxylic acids is 4. The molecule has 0 rings (SSSR count). The molecule has 498 valence electrons. The summed E-state index contributed by atoms with van der Waals surface area (Å²) in [6.07, 6.45) is 37.6. The van der Waals surface area contributed by atoms with Crippen LogP contribution in [-0.4, -0.2) is 96.7 Å². The van der Waals surface area contributed by atoms with E-state index in [1.54, 1.807) is 0 Å². The second-order valence-electron chi connectivity index (χ2n) is 24.5. The molecule has 7 atom stereocenters. The predicted octanol–water partition coefficient (Wildman–Crippen LogP) is 17.9. The number of carbonyl (C=O) groups is 4. The molecule has 0 aromatic rings. The molecule has 0 bridgehead atoms. The van der Waals surface area contributed by atoms with Crippen LogP contribution in [0.1, 0.15) is 318 Å². The molecule has 0 aromatic carbocycles. The molecule has 0 aliphatic rings. The number of phosphoric ester groups is 2. The molecule has 84 heavy (non-hydrogen) atoms. The predicted molar refractivity (Wildman–Crippen MR) is 335 cm³/mol. The Hall–Kier alpha value is -1.94. The number of unbranched alkanes of at least 4 members (excludes halogenated alkanes) is 29. The van der Waals surface area contributed by atoms with Crippen molar-refractivity contribution < 1.29 is 80.2 Å². The summed E-state index contributed by atoms with van der Waals surface area (Å²) in [4.78, 5) is 72.3. The highest BCUT2D eigenvalue weighted by Crippen LogP contribution is 2.45. The molecule has 0 amide bonds. The summed E-state index contributed by atoms with van der Waals surface area (Å²) in [6.45, 7) is 11.7. The van der Waals surface area contributed by atoms with E-state index in [1.165, 1.54) is 122 Å². The minimum Gasteiger partial charge on any atom is -0.462 e. The number of rotatable bonds is 63. The first-order valence-corrected chi connectivity index (χ1v) is 36.9. The summed E-state index contributed by atoms with van der Waals surface area (Å²) >= 11 is 0. The van der Waals surface area contributed by atoms with E-state index in [4.69, 9.17) is 37.0 Å². The van der Waals surface area contributed by atoms with E-state index < -0.39 is 97.5 Å². The van der Waals surface area contributed by atoms with E-state index in [1.807, 2.05) is 0 Å². The molecule has 0 heterocycles. The lowest BCUT2D eigenvalue weighted by molar-refractivity contribution is -0.161. The average molecular weight is 1240 g/mol. The summed E-state index contributed by atoms with van der Waals surface area (Å²) in [5.74, 6) is 0.0503. The summed E-state index contributed by atoms with van der Waals surface area (Å²) in [5.41, 5.74) is 0. The Labute approximate surface area is 511 Å². The molecule has 17 nitrogen and oxygen atoms in total. The van der Waals surface area contributed by atoms with Crippen LogP contribution in [0.3, 0.4) is 0 Å². The second kappa shape index (κ2) is 56.3. The van der Waals surface area contributed by atoms with Crippen LogP contribution in [0.4, 0.5) is 0 Å². The highest BCUT2D eigenvalue weighted by molar-refractivity contribution is 7.47. The Bertz CT molecular complexity index is 1670. The zero-order valence-electron chi connectivity index (χ0n) is 54.4. The molecule has 19 heteroatoms. The van der Waals surface area contributed by atoms with E-state index in [9.17, 15) is 43.2 Å². The molecule has 0 aromatic heterocycles. The van der Waals surface area contributed by atoms with Crippen molar-refractivity contribution in [1.82, 2.24) is 0 Å². The third-order valence-corrected chi connectivity index (χ3v) is 17.5. The van der Waals surface area contributed by atoms with Crippen LogP contribution in [0.2, 0.25) is 0 Å². The van der Waals surface area contributed by atoms with Gasteiger partial charge in [0.1, 0.15) is 19.3 Å². The first kappa shape index (κ1) is 82.1. The Morgan fingerprint density at radius 3 is 0.905 bits per heavy atom. The maximum absolute atomic E-state index is 13.0. The van der Waals surface area contributed by atoms with Gasteiger partial charge < -0.3 is 33.8 Å². The highest BCUT2D eigenvalue weighted by atomic mass is 31.2. The van der Waals surface area contributed by atoms with Gasteiger partial charge in [-0.25, -0.2) is 9.13 Å². The van der Waals surface area contributed by atoms with Gasteiger partial charge >= 0.3 is 39.5 Å². The van der Waals surface area contributed by atoms with Crippen LogP contribution in [0.5, 0.6) is 0 Å². The molecule has 0 aliphatic carbocycles. The Morgan fingerprint density at radius 1 is 0.345 bits per heavy atom. The molecule has 0 radical (unpaired) electrons. The van der Waals surface area contributed by atoms with Gasteiger partial charge in [-0.05, 0) is 43.4 Å². The zero-order valence-corrected chi connectivity index (χ0v) is 56.1. The van der Waals surface area contributed by atoms with E-state index in [0.717, 1.165) is 114 Å². The molecule has 4 unspecified atom stereocenters. The summed E-state index contributed by atoms with van der Waals surface area (Å²) in [5, 5.41) is 10.5. The number of hydrogen-bond donors (Lipinski definition) is 3. The SMILES string of the molecule is CCCCCCCCCCCCCCC(=O)OC[C@H](COP(=O)(O)OC[C@@H](O)COP(=O)(O)OC[C@@H](COC(=O)CCCCCCCCC(C)CC)OC(=O)CCCCCCCCC(C)CC)OC(=O)CCCCCCCCCCCC(C)C. The van der Waals surface area contributed by atoms with Gasteiger partial charge in [0.15, 0.2) is 12.2 Å². The van der Waals surface area contributed by atoms with Gasteiger partial charge in [0, 0.05) is 25.7 Å². The van der Waals surface area contributed by atoms with Crippen molar-refractivity contribution in [2.45, 2.75) is 336 Å². The first-order valence-electron chi connectivity index (χ1n) is 33.9. The van der Waals surface area contributed by atoms with Gasteiger partial charge in [-0.15, -0.1) is 0 Å². The minimum absolute atomic E-state index is 0.102. The zero-order chi connectivity index (χ0) is 62.4. The van der Waals surface area contributed by atoms with Crippen LogP contribution in [-0.2, 0) is 65.4 Å². The topological polar surface area (TPSA) is 237 Å². The normalized spacial score (nSPS) is 15.0. The lowest BCUT2D eigenvalue weighted by atomic mass is 10.00. The van der Waals surface area contributed by atoms with Crippen molar-refractivity contribution in [3.63, 3.8) is 0 Å². The van der Waals surface area contributed by atoms with Crippen LogP contribution in [0.25, 0.3) is 0 Å². The summed E-state index contributed by atoms with van der Waals surface area (Å²) in [7, 11) is -9.89. The molecule has 0 aliphatic heterocycles. The smallest absolute Gasteiger partial charge is 0.462 e. The van der Waals surface area contributed by atoms with E-state index in [0.29, 0.717) is 25.7 Å². The first-order chi connectivity index (χ1) is 40.3. The van der Waals surface area contributed by atoms with E-state index in [2.05, 4.69) is 48.5 Å². The average Bonchev–Trinajstić information content (AvgIpc) is 3.50. The van der Waals surface area contributed by atoms with E-state index >= 15 is 0 Å². The number of ether oxygens (including phenoxy) is 4. The molecule has 0 saturated carbocycles. The van der Waals surface area contributed by atoms with Gasteiger partial charge in [-0.2, -0.15) is 0 Å². The Kier molecular flexibility index (Phi) is 55.0. The van der Waals surface area contributed by atoms with E-state index in [-0.39, 0.29) is 25.7 Å². The van der Waals surface area contributed by atoms with Gasteiger partial charge in [0.2, 0.25) is 0 Å². The van der Waals surface area contributed by atoms with Gasteiger partial charge in [-0.3, -0.25) is 37.3 Å². The molecule has 0 spiro atoms. The third-order valence-electron chi connectivity index (χ3n) is 15.6. The fourth-order valence-electron chi connectivity index (χ4n) is 9.59. The molecule has 0 fully saturated rings. The number of phosphoric acid groups is 2. The molecule has 0 saturated heterocycles. The van der Waals surface area contributed by atoms with Crippen molar-refractivity contribution in [1.29, 1.82) is 0 Å². The van der Waals surface area contributed by atoms with Crippen molar-refractivity contribution in [2.75, 3.05) is 39.6 Å². The maximum Gasteiger partial charge on any atom is 0.472 e. The third kappa shape index (κ3) is 56.6. The van der Waals surface area contributed by atoms with Crippen molar-refractivity contribution >= 4 is 39.5 Å². The number of hydrogen-bond acceptors (Lipinski definition) is 15. The summed E-state index contributed by atoms with van der Waals surface area (Å²) in [6, 6.07) is 0. The van der Waals surface area contributed by atoms with Crippen molar-refractivity contribution in [3.05, 3.63) is 0 Å². The van der Waals surface area contributed by atoms with Gasteiger partial charge in [-0.1, -0.05) is 267 Å². The van der Waals surface area contributed by atoms with Crippen LogP contribution < -0.4 is 0 Å². The molecular weight excluding hydrogens is 1110 g/mol. The number of aliphatic hydroxyl groups excluding tert-OH is 1. The standard InChI is InChI=1S/C65H126O17P2/c1-8-11-12-13-14-15-16-17-20-23-32-39-46-62(67)75-52-60(81-64(69)48-41-34-24-21-18-19-22-29-36-43-56(4)5)54-79-83(71,72)77-50-59(66)51-78-84(73,74)80-55-61(82-65(70)49-42-35-28-26-31-38-45-58(7)10-3)53-76-63(68)47-40-33-27-25-30-37-44-57(6)9-2/h56-61,66H,8-55H2,1-7H3,(H,71,72)(H,73,74)/t57?,58?,59-,60-,61-/m1/s1. The molecule has 3 N–H and O–H groups in total. The van der Waals surface area contributed by atoms with Crippen molar-refractivity contribution in [3.8, 4) is 0 Å². The molecular formula is C65H126O17P2. The van der Waals surface area contributed by atoms with Crippen LogP contribution >= 0.6 is 15.6 Å². The number of esters is 4. The fourth-order valence-corrected chi connectivity index (χ4v) is 11.2. The lowest BCUT2D eigenvalue weighted by Crippen LogP contribution is -2.30. The van der Waals surface area contributed by atoms with Gasteiger partial charge in [0.25, 0.3) is 0 Å². The lowest BCUT2D eigenvalue weighted by Gasteiger charge is -2.21. The maximum atomic E-state index is 13.0. The Morgan fingerprint density at radius 2 is 0.607 bits per heavy atom. The highest BCUT2D eigenvalue weighted by Gasteiger charge is 2.30. The largest absolute Gasteiger partial charge is 0.472 e. The fraction of sp³-hybridized carbons (Fsp3) is 0.938. The van der Waals surface area contributed by atoms with Gasteiger partial charge in [0.05, 0.1) is 26.4 Å². The second-order valence-corrected chi connectivity index (χ2v) is 27.4. The Balaban J connectivity index is 5.26. The van der Waals surface area contributed by atoms with Crippen LogP contribution in [0.15, 0.2) is 0 Å². The van der Waals surface area contributed by atoms with Crippen molar-refractivity contribution in [2.24, 2.45) is 17.8 Å².